The summed E-state index contributed by atoms with van der Waals surface area (Å²) in [5.74, 6) is -0.144. The summed E-state index contributed by atoms with van der Waals surface area (Å²) in [6, 6.07) is 13.8. The van der Waals surface area contributed by atoms with Gasteiger partial charge in [-0.3, -0.25) is 0 Å². The van der Waals surface area contributed by atoms with Crippen molar-refractivity contribution in [3.05, 3.63) is 70.5 Å². The Bertz CT molecular complexity index is 549. The van der Waals surface area contributed by atoms with Crippen LogP contribution in [0.15, 0.2) is 42.5 Å². The van der Waals surface area contributed by atoms with Gasteiger partial charge in [-0.1, -0.05) is 57.9 Å². The molecule has 1 atom stereocenters. The molecule has 0 saturated heterocycles. The molecule has 0 N–H and O–H groups in total. The van der Waals surface area contributed by atoms with Gasteiger partial charge in [0.15, 0.2) is 0 Å². The van der Waals surface area contributed by atoms with E-state index in [9.17, 15) is 4.39 Å². The summed E-state index contributed by atoms with van der Waals surface area (Å²) in [5.41, 5.74) is 4.37. The van der Waals surface area contributed by atoms with E-state index in [2.05, 4.69) is 47.1 Å². The Morgan fingerprint density at radius 2 is 1.89 bits per heavy atom. The Morgan fingerprint density at radius 1 is 1.11 bits per heavy atom. The van der Waals surface area contributed by atoms with Crippen molar-refractivity contribution in [1.82, 2.24) is 0 Å². The van der Waals surface area contributed by atoms with Crippen LogP contribution in [0.4, 0.5) is 4.39 Å². The smallest absolute Gasteiger partial charge is 0.126 e. The van der Waals surface area contributed by atoms with Gasteiger partial charge in [-0.2, -0.15) is 0 Å². The minimum Gasteiger partial charge on any atom is -0.207 e. The highest BCUT2D eigenvalue weighted by molar-refractivity contribution is 9.09. The first-order valence-corrected chi connectivity index (χ1v) is 6.93. The normalized spacial score (nSPS) is 12.4. The first-order chi connectivity index (χ1) is 8.56. The molecule has 0 spiro atoms. The molecule has 0 aliphatic carbocycles. The number of benzene rings is 2. The molecule has 2 heteroatoms. The van der Waals surface area contributed by atoms with Crippen molar-refractivity contribution in [2.24, 2.45) is 0 Å². The highest BCUT2D eigenvalue weighted by Crippen LogP contribution is 2.28. The minimum atomic E-state index is -0.144. The van der Waals surface area contributed by atoms with Crippen LogP contribution in [0.5, 0.6) is 0 Å². The molecule has 2 rings (SSSR count). The third kappa shape index (κ3) is 3.20. The first kappa shape index (κ1) is 13.3. The lowest BCUT2D eigenvalue weighted by atomic mass is 10.0. The zero-order valence-electron chi connectivity index (χ0n) is 10.6. The van der Waals surface area contributed by atoms with Crippen LogP contribution in [0, 0.1) is 19.7 Å². The molecule has 1 unspecified atom stereocenters. The monoisotopic (exact) mass is 306 g/mol. The van der Waals surface area contributed by atoms with Gasteiger partial charge in [-0.25, -0.2) is 4.39 Å². The highest BCUT2D eigenvalue weighted by atomic mass is 79.9. The van der Waals surface area contributed by atoms with Gasteiger partial charge in [-0.05, 0) is 43.0 Å². The van der Waals surface area contributed by atoms with Gasteiger partial charge >= 0.3 is 0 Å². The van der Waals surface area contributed by atoms with Crippen molar-refractivity contribution in [2.75, 3.05) is 0 Å². The molecule has 0 nitrogen and oxygen atoms in total. The summed E-state index contributed by atoms with van der Waals surface area (Å²) in [6.45, 7) is 3.89. The summed E-state index contributed by atoms with van der Waals surface area (Å²) in [7, 11) is 0. The maximum absolute atomic E-state index is 13.2. The van der Waals surface area contributed by atoms with E-state index >= 15 is 0 Å². The van der Waals surface area contributed by atoms with E-state index in [1.54, 1.807) is 6.92 Å². The zero-order valence-corrected chi connectivity index (χ0v) is 12.2. The van der Waals surface area contributed by atoms with Crippen LogP contribution in [-0.2, 0) is 6.42 Å². The molecule has 0 heterocycles. The van der Waals surface area contributed by atoms with Crippen molar-refractivity contribution in [3.63, 3.8) is 0 Å². The number of hydrogen-bond donors (Lipinski definition) is 0. The van der Waals surface area contributed by atoms with Crippen molar-refractivity contribution < 1.29 is 4.39 Å². The Kier molecular flexibility index (Phi) is 4.18. The molecular formula is C16H16BrF. The van der Waals surface area contributed by atoms with Crippen molar-refractivity contribution in [1.29, 1.82) is 0 Å². The van der Waals surface area contributed by atoms with Gasteiger partial charge < -0.3 is 0 Å². The van der Waals surface area contributed by atoms with Crippen LogP contribution < -0.4 is 0 Å². The van der Waals surface area contributed by atoms with Gasteiger partial charge in [0, 0.05) is 4.83 Å². The third-order valence-electron chi connectivity index (χ3n) is 3.04. The average molecular weight is 307 g/mol. The van der Waals surface area contributed by atoms with Crippen LogP contribution in [0.3, 0.4) is 0 Å². The molecular weight excluding hydrogens is 291 g/mol. The van der Waals surface area contributed by atoms with Gasteiger partial charge in [-0.15, -0.1) is 0 Å². The molecule has 2 aromatic rings. The van der Waals surface area contributed by atoms with E-state index in [0.29, 0.717) is 5.56 Å². The number of hydrogen-bond acceptors (Lipinski definition) is 0. The highest BCUT2D eigenvalue weighted by Gasteiger charge is 2.10. The molecule has 0 saturated carbocycles. The second-order valence-corrected chi connectivity index (χ2v) is 5.77. The SMILES string of the molecule is Cc1cccc(CC(Br)c2ccc(F)c(C)c2)c1. The minimum absolute atomic E-state index is 0.144. The Hall–Kier alpha value is -1.15. The zero-order chi connectivity index (χ0) is 13.1. The molecule has 0 aliphatic rings. The van der Waals surface area contributed by atoms with E-state index in [1.165, 1.54) is 17.2 Å². The largest absolute Gasteiger partial charge is 0.207 e. The number of aryl methyl sites for hydroxylation is 2. The lowest BCUT2D eigenvalue weighted by Gasteiger charge is -2.12. The van der Waals surface area contributed by atoms with Crippen molar-refractivity contribution >= 4 is 15.9 Å². The Morgan fingerprint density at radius 3 is 2.56 bits per heavy atom. The molecule has 94 valence electrons. The number of halogens is 2. The predicted octanol–water partition coefficient (Wildman–Crippen LogP) is 5.12. The second kappa shape index (κ2) is 5.66. The lowest BCUT2D eigenvalue weighted by molar-refractivity contribution is 0.617. The standard InChI is InChI=1S/C16H16BrF/c1-11-4-3-5-13(8-11)10-15(17)14-6-7-16(18)12(2)9-14/h3-9,15H,10H2,1-2H3. The molecule has 0 radical (unpaired) electrons. The summed E-state index contributed by atoms with van der Waals surface area (Å²) >= 11 is 3.68. The van der Waals surface area contributed by atoms with Crippen LogP contribution >= 0.6 is 15.9 Å². The Labute approximate surface area is 116 Å². The molecule has 0 amide bonds. The first-order valence-electron chi connectivity index (χ1n) is 6.02. The van der Waals surface area contributed by atoms with E-state index in [-0.39, 0.29) is 10.6 Å². The van der Waals surface area contributed by atoms with Crippen molar-refractivity contribution in [3.8, 4) is 0 Å². The summed E-state index contributed by atoms with van der Waals surface area (Å²) in [6.07, 6.45) is 0.909. The van der Waals surface area contributed by atoms with Gasteiger partial charge in [0.25, 0.3) is 0 Å². The topological polar surface area (TPSA) is 0 Å². The van der Waals surface area contributed by atoms with Crippen LogP contribution in [0.1, 0.15) is 27.1 Å². The summed E-state index contributed by atoms with van der Waals surface area (Å²) < 4.78 is 13.2. The van der Waals surface area contributed by atoms with E-state index < -0.39 is 0 Å². The Balaban J connectivity index is 2.16. The lowest BCUT2D eigenvalue weighted by Crippen LogP contribution is -1.97. The van der Waals surface area contributed by atoms with E-state index in [0.717, 1.165) is 12.0 Å². The molecule has 0 aromatic heterocycles. The maximum Gasteiger partial charge on any atom is 0.126 e. The van der Waals surface area contributed by atoms with Crippen LogP contribution in [0.2, 0.25) is 0 Å². The molecule has 0 aliphatic heterocycles. The number of rotatable bonds is 3. The van der Waals surface area contributed by atoms with Crippen LogP contribution in [-0.4, -0.2) is 0 Å². The average Bonchev–Trinajstić information content (AvgIpc) is 2.32. The predicted molar refractivity (Wildman–Crippen MR) is 77.7 cm³/mol. The van der Waals surface area contributed by atoms with Crippen molar-refractivity contribution in [2.45, 2.75) is 25.1 Å². The van der Waals surface area contributed by atoms with Gasteiger partial charge in [0.2, 0.25) is 0 Å². The maximum atomic E-state index is 13.2. The van der Waals surface area contributed by atoms with Crippen LogP contribution in [0.25, 0.3) is 0 Å². The fourth-order valence-electron chi connectivity index (χ4n) is 2.03. The second-order valence-electron chi connectivity index (χ2n) is 4.67. The fourth-order valence-corrected chi connectivity index (χ4v) is 2.69. The van der Waals surface area contributed by atoms with E-state index in [4.69, 9.17) is 0 Å². The summed E-state index contributed by atoms with van der Waals surface area (Å²) in [5, 5.41) is 0. The molecule has 0 bridgehead atoms. The third-order valence-corrected chi connectivity index (χ3v) is 3.89. The number of alkyl halides is 1. The van der Waals surface area contributed by atoms with Gasteiger partial charge in [0.05, 0.1) is 0 Å². The fraction of sp³-hybridized carbons (Fsp3) is 0.250. The molecule has 2 aromatic carbocycles. The van der Waals surface area contributed by atoms with Gasteiger partial charge in [0.1, 0.15) is 5.82 Å². The summed E-state index contributed by atoms with van der Waals surface area (Å²) in [4.78, 5) is 0.221. The quantitative estimate of drug-likeness (QED) is 0.690. The van der Waals surface area contributed by atoms with E-state index in [1.807, 2.05) is 12.1 Å². The molecule has 0 fully saturated rings. The molecule has 18 heavy (non-hydrogen) atoms.